The molecule has 5 rings (SSSR count). The summed E-state index contributed by atoms with van der Waals surface area (Å²) in [5.41, 5.74) is 3.30. The lowest BCUT2D eigenvalue weighted by molar-refractivity contribution is 0.296. The molecule has 3 heterocycles. The summed E-state index contributed by atoms with van der Waals surface area (Å²) in [5, 5.41) is 11.2. The van der Waals surface area contributed by atoms with Gasteiger partial charge in [0.15, 0.2) is 0 Å². The number of furan rings is 1. The van der Waals surface area contributed by atoms with Crippen LogP contribution < -0.4 is 10.1 Å². The molecule has 3 aromatic heterocycles. The molecule has 5 aromatic rings. The van der Waals surface area contributed by atoms with E-state index in [0.29, 0.717) is 12.3 Å². The van der Waals surface area contributed by atoms with E-state index in [-0.39, 0.29) is 5.84 Å². The molecule has 0 amide bonds. The Labute approximate surface area is 211 Å². The molecule has 174 valence electrons. The number of nitrogens with one attached hydrogen (secondary N) is 2. The van der Waals surface area contributed by atoms with E-state index < -0.39 is 0 Å². The number of aromatic nitrogens is 3. The molecule has 35 heavy (non-hydrogen) atoms. The van der Waals surface area contributed by atoms with Gasteiger partial charge in [0, 0.05) is 35.4 Å². The van der Waals surface area contributed by atoms with Gasteiger partial charge in [0.25, 0.3) is 0 Å². The quantitative estimate of drug-likeness (QED) is 0.178. The van der Waals surface area contributed by atoms with Crippen LogP contribution in [0.15, 0.2) is 107 Å². The summed E-state index contributed by atoms with van der Waals surface area (Å²) in [4.78, 5) is 8.23. The maximum absolute atomic E-state index is 8.18. The second-order valence-electron chi connectivity index (χ2n) is 7.75. The van der Waals surface area contributed by atoms with Crippen LogP contribution in [0, 0.1) is 5.41 Å². The summed E-state index contributed by atoms with van der Waals surface area (Å²) in [6.07, 6.45) is 7.11. The Morgan fingerprint density at radius 2 is 1.77 bits per heavy atom. The summed E-state index contributed by atoms with van der Waals surface area (Å²) in [7, 11) is 0. The Morgan fingerprint density at radius 1 is 0.971 bits per heavy atom. The van der Waals surface area contributed by atoms with Crippen molar-refractivity contribution in [2.45, 2.75) is 6.54 Å². The number of anilines is 1. The molecular formula is C27H22BrN5O2. The van der Waals surface area contributed by atoms with Crippen LogP contribution in [0.3, 0.4) is 0 Å². The van der Waals surface area contributed by atoms with Gasteiger partial charge in [-0.05, 0) is 82.7 Å². The van der Waals surface area contributed by atoms with E-state index in [1.165, 1.54) is 0 Å². The predicted molar refractivity (Wildman–Crippen MR) is 140 cm³/mol. The topological polar surface area (TPSA) is 89.0 Å². The molecule has 0 radical (unpaired) electrons. The Bertz CT molecular complexity index is 1410. The van der Waals surface area contributed by atoms with Gasteiger partial charge in [-0.3, -0.25) is 10.4 Å². The average Bonchev–Trinajstić information content (AvgIpc) is 3.59. The molecule has 2 aromatic carbocycles. The van der Waals surface area contributed by atoms with Gasteiger partial charge in [0.2, 0.25) is 0 Å². The van der Waals surface area contributed by atoms with Crippen molar-refractivity contribution < 1.29 is 9.15 Å². The number of rotatable bonds is 8. The molecule has 0 saturated carbocycles. The number of hydrogen-bond acceptors (Lipinski definition) is 5. The molecule has 0 aliphatic heterocycles. The van der Waals surface area contributed by atoms with Crippen LogP contribution in [0.2, 0.25) is 0 Å². The van der Waals surface area contributed by atoms with Crippen LogP contribution in [0.4, 0.5) is 5.69 Å². The first kappa shape index (κ1) is 22.6. The normalized spacial score (nSPS) is 10.8. The fraction of sp³-hybridized carbons (Fsp3) is 0.0741. The van der Waals surface area contributed by atoms with Crippen molar-refractivity contribution in [3.63, 3.8) is 0 Å². The molecule has 0 spiro atoms. The van der Waals surface area contributed by atoms with E-state index in [9.17, 15) is 0 Å². The van der Waals surface area contributed by atoms with Crippen molar-refractivity contribution in [2.75, 3.05) is 11.9 Å². The average molecular weight is 528 g/mol. The molecule has 0 atom stereocenters. The lowest BCUT2D eigenvalue weighted by atomic mass is 10.1. The number of hydrogen-bond donors (Lipinski definition) is 2. The number of imidazole rings is 1. The molecule has 0 aliphatic carbocycles. The van der Waals surface area contributed by atoms with Gasteiger partial charge >= 0.3 is 0 Å². The highest BCUT2D eigenvalue weighted by molar-refractivity contribution is 9.10. The van der Waals surface area contributed by atoms with Gasteiger partial charge in [0.1, 0.15) is 35.4 Å². The summed E-state index contributed by atoms with van der Waals surface area (Å²) < 4.78 is 14.9. The van der Waals surface area contributed by atoms with Crippen molar-refractivity contribution in [1.82, 2.24) is 14.5 Å². The summed E-state index contributed by atoms with van der Waals surface area (Å²) in [6.45, 7) is 1.28. The van der Waals surface area contributed by atoms with Gasteiger partial charge in [-0.25, -0.2) is 4.98 Å². The molecule has 0 unspecified atom stereocenters. The van der Waals surface area contributed by atoms with E-state index in [2.05, 4.69) is 31.2 Å². The zero-order valence-corrected chi connectivity index (χ0v) is 20.3. The summed E-state index contributed by atoms with van der Waals surface area (Å²) >= 11 is 3.60. The lowest BCUT2D eigenvalue weighted by Gasteiger charge is -2.09. The Kier molecular flexibility index (Phi) is 6.72. The van der Waals surface area contributed by atoms with Crippen molar-refractivity contribution in [3.05, 3.63) is 108 Å². The number of benzene rings is 2. The maximum atomic E-state index is 8.18. The second-order valence-corrected chi connectivity index (χ2v) is 8.60. The first-order chi connectivity index (χ1) is 17.2. The molecule has 0 aliphatic rings. The molecule has 2 N–H and O–H groups in total. The minimum atomic E-state index is 0.248. The van der Waals surface area contributed by atoms with Crippen LogP contribution in [0.25, 0.3) is 22.6 Å². The Hall–Kier alpha value is -4.17. The van der Waals surface area contributed by atoms with Crippen molar-refractivity contribution in [3.8, 4) is 28.4 Å². The molecular weight excluding hydrogens is 506 g/mol. The molecule has 8 heteroatoms. The first-order valence-electron chi connectivity index (χ1n) is 11.0. The van der Waals surface area contributed by atoms with E-state index in [1.807, 2.05) is 77.5 Å². The van der Waals surface area contributed by atoms with Gasteiger partial charge in [-0.1, -0.05) is 6.07 Å². The second kappa shape index (κ2) is 10.4. The van der Waals surface area contributed by atoms with E-state index >= 15 is 0 Å². The molecule has 0 fully saturated rings. The van der Waals surface area contributed by atoms with Crippen LogP contribution in [-0.2, 0) is 6.54 Å². The molecule has 0 saturated heterocycles. The number of pyridine rings is 1. The largest absolute Gasteiger partial charge is 0.491 e. The molecule has 0 bridgehead atoms. The first-order valence-corrected chi connectivity index (χ1v) is 11.8. The highest BCUT2D eigenvalue weighted by Gasteiger charge is 2.10. The van der Waals surface area contributed by atoms with Crippen LogP contribution in [-0.4, -0.2) is 27.0 Å². The SMILES string of the molecule is N=C(Nc1ccc(-c2ccc(-c3ccc(OCCn4ccnc4)c(Br)c3)o2)cc1)c1ccccn1. The smallest absolute Gasteiger partial charge is 0.148 e. The van der Waals surface area contributed by atoms with Gasteiger partial charge in [-0.2, -0.15) is 0 Å². The van der Waals surface area contributed by atoms with Crippen molar-refractivity contribution >= 4 is 27.5 Å². The number of amidine groups is 1. The number of ether oxygens (including phenoxy) is 1. The highest BCUT2D eigenvalue weighted by Crippen LogP contribution is 2.34. The minimum Gasteiger partial charge on any atom is -0.491 e. The maximum Gasteiger partial charge on any atom is 0.148 e. The fourth-order valence-corrected chi connectivity index (χ4v) is 4.03. The summed E-state index contributed by atoms with van der Waals surface area (Å²) in [6, 6.07) is 23.1. The van der Waals surface area contributed by atoms with Gasteiger partial charge in [-0.15, -0.1) is 0 Å². The Morgan fingerprint density at radius 3 is 2.49 bits per heavy atom. The third kappa shape index (κ3) is 5.50. The van der Waals surface area contributed by atoms with Crippen molar-refractivity contribution in [1.29, 1.82) is 5.41 Å². The minimum absolute atomic E-state index is 0.248. The zero-order valence-electron chi connectivity index (χ0n) is 18.7. The molecule has 7 nitrogen and oxygen atoms in total. The van der Waals surface area contributed by atoms with Crippen LogP contribution in [0.1, 0.15) is 5.69 Å². The van der Waals surface area contributed by atoms with Crippen LogP contribution in [0.5, 0.6) is 5.75 Å². The van der Waals surface area contributed by atoms with Gasteiger partial charge < -0.3 is 19.0 Å². The third-order valence-electron chi connectivity index (χ3n) is 5.35. The van der Waals surface area contributed by atoms with E-state index in [1.54, 1.807) is 24.8 Å². The standard InChI is InChI=1S/C27H22BrN5O2/c28-22-17-20(6-9-26(22)34-16-15-33-14-13-30-18-33)25-11-10-24(35-25)19-4-7-21(8-5-19)32-27(29)23-3-1-2-12-31-23/h1-14,17-18H,15-16H2,(H2,29,32). The van der Waals surface area contributed by atoms with Crippen molar-refractivity contribution in [2.24, 2.45) is 0 Å². The fourth-order valence-electron chi connectivity index (χ4n) is 3.54. The Balaban J connectivity index is 1.23. The van der Waals surface area contributed by atoms with Gasteiger partial charge in [0.05, 0.1) is 17.3 Å². The van der Waals surface area contributed by atoms with E-state index in [4.69, 9.17) is 14.6 Å². The summed E-state index contributed by atoms with van der Waals surface area (Å²) in [5.74, 6) is 2.56. The third-order valence-corrected chi connectivity index (χ3v) is 5.97. The zero-order chi connectivity index (χ0) is 24.0. The number of halogens is 1. The van der Waals surface area contributed by atoms with Crippen LogP contribution >= 0.6 is 15.9 Å². The monoisotopic (exact) mass is 527 g/mol. The predicted octanol–water partition coefficient (Wildman–Crippen LogP) is 6.48. The lowest BCUT2D eigenvalue weighted by Crippen LogP contribution is -2.13. The highest BCUT2D eigenvalue weighted by atomic mass is 79.9. The number of nitrogens with zero attached hydrogens (tertiary/aromatic N) is 3. The van der Waals surface area contributed by atoms with E-state index in [0.717, 1.165) is 45.1 Å².